The summed E-state index contributed by atoms with van der Waals surface area (Å²) in [7, 11) is -2.80. The van der Waals surface area contributed by atoms with Gasteiger partial charge in [-0.1, -0.05) is 112 Å². The van der Waals surface area contributed by atoms with Gasteiger partial charge in [0.15, 0.2) is 0 Å². The zero-order valence-corrected chi connectivity index (χ0v) is 23.0. The van der Waals surface area contributed by atoms with Crippen LogP contribution in [0, 0.1) is 5.92 Å². The average Bonchev–Trinajstić information content (AvgIpc) is 2.88. The van der Waals surface area contributed by atoms with Crippen LogP contribution in [0.25, 0.3) is 0 Å². The van der Waals surface area contributed by atoms with Crippen LogP contribution in [-0.2, 0) is 20.5 Å². The standard InChI is InChI=1S/C31H39NO3Si/c1-5-34-30(33)28-21-22-32(23-25-15-9-6-10-16-25)24-29(28)35-36(31(2,3)4,26-17-11-7-12-18-26)27-19-13-8-14-20-27/h6-20,28-29H,5,21-24H2,1-4H3/t28-,29-/m0/s1. The molecule has 0 N–H and O–H groups in total. The molecule has 2 atom stereocenters. The molecule has 1 heterocycles. The highest BCUT2D eigenvalue weighted by molar-refractivity contribution is 6.99. The van der Waals surface area contributed by atoms with Crippen molar-refractivity contribution < 1.29 is 14.0 Å². The van der Waals surface area contributed by atoms with E-state index in [4.69, 9.17) is 9.16 Å². The fourth-order valence-electron chi connectivity index (χ4n) is 5.52. The van der Waals surface area contributed by atoms with Gasteiger partial charge in [0.25, 0.3) is 8.32 Å². The fourth-order valence-corrected chi connectivity index (χ4v) is 10.2. The van der Waals surface area contributed by atoms with Gasteiger partial charge in [0.1, 0.15) is 0 Å². The van der Waals surface area contributed by atoms with E-state index in [0.717, 1.165) is 19.5 Å². The minimum Gasteiger partial charge on any atom is -0.466 e. The zero-order chi connectivity index (χ0) is 25.6. The van der Waals surface area contributed by atoms with Crippen LogP contribution in [-0.4, -0.2) is 45.0 Å². The van der Waals surface area contributed by atoms with Gasteiger partial charge in [0, 0.05) is 13.1 Å². The van der Waals surface area contributed by atoms with Crippen molar-refractivity contribution in [3.05, 3.63) is 96.6 Å². The average molecular weight is 502 g/mol. The van der Waals surface area contributed by atoms with E-state index in [1.807, 2.05) is 13.0 Å². The van der Waals surface area contributed by atoms with Crippen LogP contribution in [0.4, 0.5) is 0 Å². The molecule has 0 spiro atoms. The number of hydrogen-bond acceptors (Lipinski definition) is 4. The third kappa shape index (κ3) is 5.64. The van der Waals surface area contributed by atoms with E-state index < -0.39 is 8.32 Å². The van der Waals surface area contributed by atoms with Crippen molar-refractivity contribution in [1.82, 2.24) is 4.90 Å². The Morgan fingerprint density at radius 1 is 0.889 bits per heavy atom. The minimum absolute atomic E-state index is 0.139. The maximum absolute atomic E-state index is 13.2. The first-order chi connectivity index (χ1) is 17.3. The summed E-state index contributed by atoms with van der Waals surface area (Å²) in [6, 6.07) is 31.8. The van der Waals surface area contributed by atoms with E-state index in [0.29, 0.717) is 13.2 Å². The Hall–Kier alpha value is -2.73. The van der Waals surface area contributed by atoms with Gasteiger partial charge in [-0.05, 0) is 40.9 Å². The topological polar surface area (TPSA) is 38.8 Å². The highest BCUT2D eigenvalue weighted by Gasteiger charge is 2.53. The predicted octanol–water partition coefficient (Wildman–Crippen LogP) is 5.02. The van der Waals surface area contributed by atoms with Crippen molar-refractivity contribution in [1.29, 1.82) is 0 Å². The normalized spacial score (nSPS) is 19.1. The molecule has 1 aliphatic heterocycles. The SMILES string of the molecule is CCOC(=O)[C@H]1CCN(Cc2ccccc2)C[C@@H]1O[Si](c1ccccc1)(c1ccccc1)C(C)(C)C. The summed E-state index contributed by atoms with van der Waals surface area (Å²) in [4.78, 5) is 15.6. The largest absolute Gasteiger partial charge is 0.466 e. The fraction of sp³-hybridized carbons (Fsp3) is 0.387. The van der Waals surface area contributed by atoms with Crippen molar-refractivity contribution >= 4 is 24.7 Å². The Kier molecular flexibility index (Phi) is 8.45. The number of rotatable bonds is 8. The summed E-state index contributed by atoms with van der Waals surface area (Å²) in [5, 5.41) is 2.30. The number of carbonyl (C=O) groups is 1. The Bertz CT molecular complexity index is 1060. The zero-order valence-electron chi connectivity index (χ0n) is 22.0. The highest BCUT2D eigenvalue weighted by atomic mass is 28.4. The number of likely N-dealkylation sites (tertiary alicyclic amines) is 1. The van der Waals surface area contributed by atoms with E-state index in [-0.39, 0.29) is 23.0 Å². The molecular weight excluding hydrogens is 462 g/mol. The maximum atomic E-state index is 13.2. The van der Waals surface area contributed by atoms with Gasteiger partial charge in [-0.2, -0.15) is 0 Å². The number of hydrogen-bond donors (Lipinski definition) is 0. The summed E-state index contributed by atoms with van der Waals surface area (Å²) in [6.45, 7) is 11.5. The van der Waals surface area contributed by atoms with E-state index in [1.165, 1.54) is 15.9 Å². The molecule has 0 radical (unpaired) electrons. The van der Waals surface area contributed by atoms with E-state index >= 15 is 0 Å². The lowest BCUT2D eigenvalue weighted by atomic mass is 9.93. The predicted molar refractivity (Wildman–Crippen MR) is 149 cm³/mol. The van der Waals surface area contributed by atoms with Gasteiger partial charge in [0.05, 0.1) is 18.6 Å². The molecule has 1 saturated heterocycles. The van der Waals surface area contributed by atoms with Gasteiger partial charge < -0.3 is 9.16 Å². The van der Waals surface area contributed by atoms with Crippen LogP contribution in [0.1, 0.15) is 39.7 Å². The van der Waals surface area contributed by atoms with Crippen LogP contribution in [0.5, 0.6) is 0 Å². The Balaban J connectivity index is 1.76. The van der Waals surface area contributed by atoms with Crippen LogP contribution < -0.4 is 10.4 Å². The smallest absolute Gasteiger partial charge is 0.311 e. The first-order valence-corrected chi connectivity index (χ1v) is 15.0. The number of nitrogens with zero attached hydrogens (tertiary/aromatic N) is 1. The molecule has 3 aromatic carbocycles. The third-order valence-electron chi connectivity index (χ3n) is 7.23. The monoisotopic (exact) mass is 501 g/mol. The Labute approximate surface area is 217 Å². The van der Waals surface area contributed by atoms with Crippen LogP contribution in [0.3, 0.4) is 0 Å². The van der Waals surface area contributed by atoms with Gasteiger partial charge in [0.2, 0.25) is 0 Å². The molecule has 4 rings (SSSR count). The number of esters is 1. The second-order valence-electron chi connectivity index (χ2n) is 10.7. The highest BCUT2D eigenvalue weighted by Crippen LogP contribution is 2.39. The first kappa shape index (κ1) is 26.3. The van der Waals surface area contributed by atoms with Gasteiger partial charge in [-0.15, -0.1) is 0 Å². The van der Waals surface area contributed by atoms with Crippen LogP contribution >= 0.6 is 0 Å². The molecule has 1 fully saturated rings. The summed E-state index contributed by atoms with van der Waals surface area (Å²) in [5.41, 5.74) is 1.27. The number of benzene rings is 3. The van der Waals surface area contributed by atoms with E-state index in [1.54, 1.807) is 0 Å². The van der Waals surface area contributed by atoms with Crippen molar-refractivity contribution in [2.75, 3.05) is 19.7 Å². The van der Waals surface area contributed by atoms with E-state index in [2.05, 4.69) is 111 Å². The summed E-state index contributed by atoms with van der Waals surface area (Å²) in [5.74, 6) is -0.418. The molecule has 0 unspecified atom stereocenters. The second kappa shape index (κ2) is 11.5. The molecule has 0 aromatic heterocycles. The summed E-state index contributed by atoms with van der Waals surface area (Å²) < 4.78 is 13.0. The second-order valence-corrected chi connectivity index (χ2v) is 14.9. The molecule has 0 aliphatic carbocycles. The summed E-state index contributed by atoms with van der Waals surface area (Å²) >= 11 is 0. The lowest BCUT2D eigenvalue weighted by molar-refractivity contribution is -0.154. The molecule has 4 nitrogen and oxygen atoms in total. The third-order valence-corrected chi connectivity index (χ3v) is 12.3. The molecular formula is C31H39NO3Si. The van der Waals surface area contributed by atoms with Crippen LogP contribution in [0.15, 0.2) is 91.0 Å². The van der Waals surface area contributed by atoms with Crippen molar-refractivity contribution in [2.24, 2.45) is 5.92 Å². The lowest BCUT2D eigenvalue weighted by Crippen LogP contribution is -2.69. The molecule has 3 aromatic rings. The molecule has 5 heteroatoms. The van der Waals surface area contributed by atoms with E-state index in [9.17, 15) is 4.79 Å². The van der Waals surface area contributed by atoms with Gasteiger partial charge in [-0.3, -0.25) is 9.69 Å². The molecule has 36 heavy (non-hydrogen) atoms. The number of piperidine rings is 1. The molecule has 0 saturated carbocycles. The minimum atomic E-state index is -2.80. The maximum Gasteiger partial charge on any atom is 0.311 e. The molecule has 0 bridgehead atoms. The first-order valence-electron chi connectivity index (χ1n) is 13.1. The van der Waals surface area contributed by atoms with Gasteiger partial charge in [-0.25, -0.2) is 0 Å². The van der Waals surface area contributed by atoms with Gasteiger partial charge >= 0.3 is 5.97 Å². The summed E-state index contributed by atoms with van der Waals surface area (Å²) in [6.07, 6.45) is 0.474. The van der Waals surface area contributed by atoms with Crippen molar-refractivity contribution in [3.8, 4) is 0 Å². The Morgan fingerprint density at radius 2 is 1.42 bits per heavy atom. The number of ether oxygens (including phenoxy) is 1. The van der Waals surface area contributed by atoms with Crippen LogP contribution in [0.2, 0.25) is 5.04 Å². The Morgan fingerprint density at radius 3 is 1.92 bits per heavy atom. The number of carbonyl (C=O) groups excluding carboxylic acids is 1. The molecule has 190 valence electrons. The van der Waals surface area contributed by atoms with Crippen molar-refractivity contribution in [3.63, 3.8) is 0 Å². The van der Waals surface area contributed by atoms with Crippen molar-refractivity contribution in [2.45, 2.75) is 51.8 Å². The quantitative estimate of drug-likeness (QED) is 0.321. The molecule has 1 aliphatic rings. The molecule has 0 amide bonds. The lowest BCUT2D eigenvalue weighted by Gasteiger charge is -2.48.